The number of carboxylic acid groups (broad SMARTS) is 1. The summed E-state index contributed by atoms with van der Waals surface area (Å²) < 4.78 is 39.4. The van der Waals surface area contributed by atoms with Crippen molar-refractivity contribution in [2.24, 2.45) is 11.3 Å². The van der Waals surface area contributed by atoms with Gasteiger partial charge in [0.15, 0.2) is 17.7 Å². The molecule has 0 aromatic heterocycles. The topological polar surface area (TPSA) is 88.1 Å². The van der Waals surface area contributed by atoms with E-state index in [4.69, 9.17) is 9.47 Å². The van der Waals surface area contributed by atoms with Gasteiger partial charge in [0.05, 0.1) is 13.2 Å². The van der Waals surface area contributed by atoms with E-state index < -0.39 is 59.1 Å². The van der Waals surface area contributed by atoms with Gasteiger partial charge in [-0.05, 0) is 45.7 Å². The maximum absolute atomic E-state index is 14.5. The summed E-state index contributed by atoms with van der Waals surface area (Å²) in [7, 11) is 2.90. The zero-order valence-corrected chi connectivity index (χ0v) is 27.2. The number of carbonyl (C=O) groups excluding carboxylic acids is 1. The van der Waals surface area contributed by atoms with Crippen molar-refractivity contribution in [3.05, 3.63) is 101 Å². The zero-order valence-electron chi connectivity index (χ0n) is 27.2. The van der Waals surface area contributed by atoms with Crippen molar-refractivity contribution >= 4 is 11.9 Å². The van der Waals surface area contributed by atoms with Crippen molar-refractivity contribution in [2.75, 3.05) is 14.2 Å². The van der Waals surface area contributed by atoms with E-state index in [1.54, 1.807) is 7.11 Å². The molecular formula is C36H44F2N2O5. The van der Waals surface area contributed by atoms with Gasteiger partial charge in [0.1, 0.15) is 11.8 Å². The molecule has 0 spiro atoms. The second-order valence-corrected chi connectivity index (χ2v) is 13.7. The molecule has 3 aromatic carbocycles. The van der Waals surface area contributed by atoms with Crippen LogP contribution in [-0.4, -0.2) is 48.2 Å². The number of nitrogens with one attached hydrogen (secondary N) is 1. The molecule has 1 amide bonds. The lowest BCUT2D eigenvalue weighted by atomic mass is 9.72. The minimum Gasteiger partial charge on any atom is -0.496 e. The van der Waals surface area contributed by atoms with Gasteiger partial charge in [0.2, 0.25) is 0 Å². The van der Waals surface area contributed by atoms with Crippen LogP contribution in [0.2, 0.25) is 0 Å². The first-order valence-electron chi connectivity index (χ1n) is 15.1. The van der Waals surface area contributed by atoms with Crippen LogP contribution in [0.4, 0.5) is 8.78 Å². The Morgan fingerprint density at radius 1 is 0.933 bits per heavy atom. The van der Waals surface area contributed by atoms with Crippen LogP contribution in [0.25, 0.3) is 0 Å². The lowest BCUT2D eigenvalue weighted by molar-refractivity contribution is -0.157. The van der Waals surface area contributed by atoms with Crippen LogP contribution < -0.4 is 10.1 Å². The number of halogens is 2. The van der Waals surface area contributed by atoms with Crippen LogP contribution in [-0.2, 0) is 26.3 Å². The van der Waals surface area contributed by atoms with Gasteiger partial charge in [-0.15, -0.1) is 0 Å². The molecule has 0 unspecified atom stereocenters. The molecule has 2 N–H and O–H groups in total. The highest BCUT2D eigenvalue weighted by molar-refractivity contribution is 5.89. The second-order valence-electron chi connectivity index (χ2n) is 13.7. The summed E-state index contributed by atoms with van der Waals surface area (Å²) in [4.78, 5) is 29.0. The summed E-state index contributed by atoms with van der Waals surface area (Å²) in [6.45, 7) is 12.6. The van der Waals surface area contributed by atoms with Crippen LogP contribution in [0, 0.1) is 23.0 Å². The molecule has 0 aliphatic carbocycles. The Labute approximate surface area is 264 Å². The normalized spacial score (nSPS) is 21.1. The standard InChI is InChI=1S/C36H44F2N2O5/c1-35(2,3)24-15-17-27(44-7)23(18-24)20-39-29-28(36(4,5)6)31(34(42)43)40(30(29)21-12-10-9-11-13-21)33(41)32(45-8)22-14-16-25(37)26(38)19-22/h9-19,28-32,39H,20H2,1-8H3,(H,42,43)/t28-,29-,30-,31-,32+/m0/s1. The molecule has 0 bridgehead atoms. The average Bonchev–Trinajstić information content (AvgIpc) is 3.34. The van der Waals surface area contributed by atoms with E-state index in [0.29, 0.717) is 12.3 Å². The van der Waals surface area contributed by atoms with E-state index in [9.17, 15) is 23.5 Å². The Morgan fingerprint density at radius 3 is 2.13 bits per heavy atom. The number of hydrogen-bond donors (Lipinski definition) is 2. The average molecular weight is 623 g/mol. The van der Waals surface area contributed by atoms with Crippen molar-refractivity contribution < 1.29 is 33.0 Å². The highest BCUT2D eigenvalue weighted by Crippen LogP contribution is 2.49. The van der Waals surface area contributed by atoms with Gasteiger partial charge in [-0.2, -0.15) is 0 Å². The first-order chi connectivity index (χ1) is 21.1. The minimum absolute atomic E-state index is 0.0878. The number of amides is 1. The summed E-state index contributed by atoms with van der Waals surface area (Å²) in [6.07, 6.45) is -1.36. The third-order valence-corrected chi connectivity index (χ3v) is 8.70. The van der Waals surface area contributed by atoms with Crippen LogP contribution in [0.3, 0.4) is 0 Å². The molecule has 0 radical (unpaired) electrons. The smallest absolute Gasteiger partial charge is 0.326 e. The number of methoxy groups -OCH3 is 2. The van der Waals surface area contributed by atoms with Gasteiger partial charge < -0.3 is 24.8 Å². The largest absolute Gasteiger partial charge is 0.496 e. The van der Waals surface area contributed by atoms with Crippen molar-refractivity contribution in [2.45, 2.75) is 77.7 Å². The van der Waals surface area contributed by atoms with Gasteiger partial charge in [0, 0.05) is 31.2 Å². The Morgan fingerprint density at radius 2 is 1.60 bits per heavy atom. The molecule has 0 saturated carbocycles. The lowest BCUT2D eigenvalue weighted by Crippen LogP contribution is -2.49. The number of hydrogen-bond acceptors (Lipinski definition) is 5. The number of likely N-dealkylation sites (tertiary alicyclic amines) is 1. The molecule has 1 heterocycles. The fraction of sp³-hybridized carbons (Fsp3) is 0.444. The molecule has 1 fully saturated rings. The third kappa shape index (κ3) is 7.05. The van der Waals surface area contributed by atoms with Crippen molar-refractivity contribution in [3.63, 3.8) is 0 Å². The highest BCUT2D eigenvalue weighted by atomic mass is 19.2. The Hall–Kier alpha value is -3.82. The van der Waals surface area contributed by atoms with Crippen molar-refractivity contribution in [1.29, 1.82) is 0 Å². The maximum atomic E-state index is 14.5. The quantitative estimate of drug-likeness (QED) is 0.273. The first kappa shape index (κ1) is 34.1. The summed E-state index contributed by atoms with van der Waals surface area (Å²) in [6, 6.07) is 15.9. The first-order valence-corrected chi connectivity index (χ1v) is 15.1. The van der Waals surface area contributed by atoms with Gasteiger partial charge in [-0.1, -0.05) is 90.1 Å². The van der Waals surface area contributed by atoms with E-state index >= 15 is 0 Å². The van der Waals surface area contributed by atoms with Crippen molar-refractivity contribution in [3.8, 4) is 5.75 Å². The Balaban J connectivity index is 1.87. The summed E-state index contributed by atoms with van der Waals surface area (Å²) in [5, 5.41) is 14.4. The van der Waals surface area contributed by atoms with Gasteiger partial charge in [0.25, 0.3) is 5.91 Å². The van der Waals surface area contributed by atoms with E-state index in [2.05, 4.69) is 32.2 Å². The minimum atomic E-state index is -1.36. The zero-order chi connectivity index (χ0) is 33.3. The Bertz CT molecular complexity index is 1520. The maximum Gasteiger partial charge on any atom is 0.326 e. The lowest BCUT2D eigenvalue weighted by Gasteiger charge is -2.35. The Kier molecular flexibility index (Phi) is 10.0. The van der Waals surface area contributed by atoms with E-state index in [0.717, 1.165) is 28.8 Å². The molecule has 3 aromatic rings. The molecule has 7 nitrogen and oxygen atoms in total. The predicted molar refractivity (Wildman–Crippen MR) is 169 cm³/mol. The molecule has 1 saturated heterocycles. The van der Waals surface area contributed by atoms with Gasteiger partial charge in [-0.25, -0.2) is 13.6 Å². The molecular weight excluding hydrogens is 578 g/mol. The van der Waals surface area contributed by atoms with Crippen LogP contribution >= 0.6 is 0 Å². The molecule has 5 atom stereocenters. The van der Waals surface area contributed by atoms with Gasteiger partial charge in [-0.3, -0.25) is 4.79 Å². The molecule has 9 heteroatoms. The summed E-state index contributed by atoms with van der Waals surface area (Å²) in [5.74, 6) is -3.88. The van der Waals surface area contributed by atoms with Crippen LogP contribution in [0.1, 0.15) is 75.9 Å². The molecule has 1 aliphatic heterocycles. The number of carbonyl (C=O) groups is 2. The van der Waals surface area contributed by atoms with E-state index in [-0.39, 0.29) is 11.0 Å². The van der Waals surface area contributed by atoms with Crippen molar-refractivity contribution in [1.82, 2.24) is 10.2 Å². The highest BCUT2D eigenvalue weighted by Gasteiger charge is 2.58. The van der Waals surface area contributed by atoms with Crippen LogP contribution in [0.15, 0.2) is 66.7 Å². The SMILES string of the molecule is COc1ccc(C(C)(C)C)cc1CN[C@H]1[C@H](C(C)(C)C)[C@@H](C(=O)O)N(C(=O)[C@H](OC)c2ccc(F)c(F)c2)[C@H]1c1ccccc1. The number of rotatable bonds is 9. The van der Waals surface area contributed by atoms with Gasteiger partial charge >= 0.3 is 5.97 Å². The second kappa shape index (κ2) is 13.3. The van der Waals surface area contributed by atoms with E-state index in [1.165, 1.54) is 18.1 Å². The van der Waals surface area contributed by atoms with Crippen LogP contribution in [0.5, 0.6) is 5.75 Å². The molecule has 45 heavy (non-hydrogen) atoms. The number of ether oxygens (including phenoxy) is 2. The molecule has 1 aliphatic rings. The fourth-order valence-electron chi connectivity index (χ4n) is 6.53. The number of nitrogens with zero attached hydrogens (tertiary/aromatic N) is 1. The van der Waals surface area contributed by atoms with E-state index in [1.807, 2.05) is 63.2 Å². The number of aliphatic carboxylic acids is 1. The third-order valence-electron chi connectivity index (χ3n) is 8.70. The number of carboxylic acids is 1. The fourth-order valence-corrected chi connectivity index (χ4v) is 6.53. The molecule has 4 rings (SSSR count). The monoisotopic (exact) mass is 622 g/mol. The summed E-state index contributed by atoms with van der Waals surface area (Å²) in [5.41, 5.74) is 2.15. The molecule has 242 valence electrons. The predicted octanol–water partition coefficient (Wildman–Crippen LogP) is 6.82. The summed E-state index contributed by atoms with van der Waals surface area (Å²) >= 11 is 0. The number of benzene rings is 3.